The molecule has 0 spiro atoms. The molecule has 1 aliphatic carbocycles. The normalized spacial score (nSPS) is 16.3. The third-order valence-electron chi connectivity index (χ3n) is 4.67. The molecule has 1 aromatic carbocycles. The molecule has 2 N–H and O–H groups in total. The predicted molar refractivity (Wildman–Crippen MR) is 97.0 cm³/mol. The van der Waals surface area contributed by atoms with Crippen LogP contribution in [-0.4, -0.2) is 29.6 Å². The van der Waals surface area contributed by atoms with Gasteiger partial charge in [0.2, 0.25) is 0 Å². The average Bonchev–Trinajstić information content (AvgIpc) is 3.24. The Morgan fingerprint density at radius 1 is 1.04 bits per heavy atom. The Morgan fingerprint density at radius 2 is 1.48 bits per heavy atom. The maximum atomic E-state index is 12.8. The van der Waals surface area contributed by atoms with E-state index in [0.717, 1.165) is 0 Å². The van der Waals surface area contributed by atoms with Gasteiger partial charge in [-0.15, -0.1) is 0 Å². The minimum Gasteiger partial charge on any atom is -0.507 e. The van der Waals surface area contributed by atoms with Gasteiger partial charge in [0.15, 0.2) is 0 Å². The van der Waals surface area contributed by atoms with E-state index in [0.29, 0.717) is 29.5 Å². The lowest BCUT2D eigenvalue weighted by Crippen LogP contribution is -2.44. The van der Waals surface area contributed by atoms with Gasteiger partial charge in [0.1, 0.15) is 11.3 Å². The number of phenolic OH excluding ortho intramolecular Hbond substituents is 1. The summed E-state index contributed by atoms with van der Waals surface area (Å²) in [6.07, 6.45) is 1.17. The molecule has 5 nitrogen and oxygen atoms in total. The van der Waals surface area contributed by atoms with Crippen LogP contribution >= 0.6 is 0 Å². The van der Waals surface area contributed by atoms with Gasteiger partial charge in [-0.25, -0.2) is 4.79 Å². The summed E-state index contributed by atoms with van der Waals surface area (Å²) in [5, 5.41) is 13.5. The second-order valence-corrected chi connectivity index (χ2v) is 8.95. The van der Waals surface area contributed by atoms with Crippen molar-refractivity contribution in [1.29, 1.82) is 0 Å². The third-order valence-corrected chi connectivity index (χ3v) is 4.67. The fourth-order valence-corrected chi connectivity index (χ4v) is 2.90. The zero-order chi connectivity index (χ0) is 19.2. The summed E-state index contributed by atoms with van der Waals surface area (Å²) in [5.74, 6) is -0.503. The standard InChI is InChI=1S/C20H29NO4/c1-18(2,3)13-10-12(11-14(15(13)22)19(4,5)6)16(23)21-20(8-9-20)17(24)25-7/h10-11,22H,8-9H2,1-7H3,(H,21,23). The number of phenols is 1. The lowest BCUT2D eigenvalue weighted by atomic mass is 9.78. The van der Waals surface area contributed by atoms with E-state index >= 15 is 0 Å². The van der Waals surface area contributed by atoms with Gasteiger partial charge in [0, 0.05) is 16.7 Å². The highest BCUT2D eigenvalue weighted by molar-refractivity contribution is 5.99. The number of benzene rings is 1. The van der Waals surface area contributed by atoms with E-state index < -0.39 is 11.5 Å². The number of carbonyl (C=O) groups excluding carboxylic acids is 2. The average molecular weight is 347 g/mol. The molecule has 0 bridgehead atoms. The molecule has 1 aliphatic rings. The first-order chi connectivity index (χ1) is 11.3. The van der Waals surface area contributed by atoms with E-state index in [1.54, 1.807) is 12.1 Å². The molecule has 0 heterocycles. The molecule has 1 aromatic rings. The molecule has 0 saturated heterocycles. The van der Waals surface area contributed by atoms with Crippen molar-refractivity contribution in [2.75, 3.05) is 7.11 Å². The van der Waals surface area contributed by atoms with E-state index in [1.165, 1.54) is 7.11 Å². The molecule has 5 heteroatoms. The zero-order valence-electron chi connectivity index (χ0n) is 16.2. The summed E-state index contributed by atoms with van der Waals surface area (Å²) in [6.45, 7) is 12.0. The molecule has 0 radical (unpaired) electrons. The van der Waals surface area contributed by atoms with E-state index in [-0.39, 0.29) is 22.5 Å². The molecule has 1 saturated carbocycles. The number of aromatic hydroxyl groups is 1. The SMILES string of the molecule is COC(=O)C1(NC(=O)c2cc(C(C)(C)C)c(O)c(C(C)(C)C)c2)CC1. The van der Waals surface area contributed by atoms with Crippen LogP contribution in [0.4, 0.5) is 0 Å². The van der Waals surface area contributed by atoms with Gasteiger partial charge in [-0.1, -0.05) is 41.5 Å². The molecule has 138 valence electrons. The number of amides is 1. The van der Waals surface area contributed by atoms with Crippen molar-refractivity contribution in [2.24, 2.45) is 0 Å². The first-order valence-electron chi connectivity index (χ1n) is 8.61. The number of carbonyl (C=O) groups is 2. The largest absolute Gasteiger partial charge is 0.507 e. The van der Waals surface area contributed by atoms with Gasteiger partial charge in [0.25, 0.3) is 5.91 Å². The predicted octanol–water partition coefficient (Wildman–Crippen LogP) is 3.42. The minimum atomic E-state index is -0.895. The summed E-state index contributed by atoms with van der Waals surface area (Å²) >= 11 is 0. The quantitative estimate of drug-likeness (QED) is 0.822. The molecule has 1 amide bonds. The van der Waals surface area contributed by atoms with Crippen LogP contribution in [0.2, 0.25) is 0 Å². The van der Waals surface area contributed by atoms with Crippen LogP contribution in [0.1, 0.15) is 75.9 Å². The first kappa shape index (κ1) is 19.3. The van der Waals surface area contributed by atoms with Crippen LogP contribution in [0.25, 0.3) is 0 Å². The van der Waals surface area contributed by atoms with E-state index in [4.69, 9.17) is 4.74 Å². The van der Waals surface area contributed by atoms with Gasteiger partial charge in [-0.2, -0.15) is 0 Å². The molecule has 0 aromatic heterocycles. The number of methoxy groups -OCH3 is 1. The Hall–Kier alpha value is -2.04. The molecular weight excluding hydrogens is 318 g/mol. The summed E-state index contributed by atoms with van der Waals surface area (Å²) in [5.41, 5.74) is 0.344. The number of nitrogens with one attached hydrogen (secondary N) is 1. The Morgan fingerprint density at radius 3 is 1.80 bits per heavy atom. The molecule has 2 rings (SSSR count). The zero-order valence-corrected chi connectivity index (χ0v) is 16.2. The fourth-order valence-electron chi connectivity index (χ4n) is 2.90. The Balaban J connectivity index is 2.47. The van der Waals surface area contributed by atoms with Crippen LogP contribution in [0.5, 0.6) is 5.75 Å². The first-order valence-corrected chi connectivity index (χ1v) is 8.61. The minimum absolute atomic E-state index is 0.227. The summed E-state index contributed by atoms with van der Waals surface area (Å²) in [7, 11) is 1.32. The van der Waals surface area contributed by atoms with Crippen molar-refractivity contribution >= 4 is 11.9 Å². The van der Waals surface area contributed by atoms with Crippen LogP contribution in [-0.2, 0) is 20.4 Å². The highest BCUT2D eigenvalue weighted by Gasteiger charge is 2.52. The van der Waals surface area contributed by atoms with Gasteiger partial charge in [-0.05, 0) is 35.8 Å². The summed E-state index contributed by atoms with van der Waals surface area (Å²) < 4.78 is 4.80. The van der Waals surface area contributed by atoms with Crippen molar-refractivity contribution in [1.82, 2.24) is 5.32 Å². The number of ether oxygens (including phenoxy) is 1. The lowest BCUT2D eigenvalue weighted by molar-refractivity contribution is -0.144. The van der Waals surface area contributed by atoms with Crippen LogP contribution in [0.3, 0.4) is 0 Å². The molecule has 25 heavy (non-hydrogen) atoms. The van der Waals surface area contributed by atoms with Gasteiger partial charge < -0.3 is 15.2 Å². The lowest BCUT2D eigenvalue weighted by Gasteiger charge is -2.28. The van der Waals surface area contributed by atoms with Gasteiger partial charge in [0.05, 0.1) is 7.11 Å². The number of rotatable bonds is 3. The number of esters is 1. The molecular formula is C20H29NO4. The van der Waals surface area contributed by atoms with E-state index in [2.05, 4.69) is 5.32 Å². The summed E-state index contributed by atoms with van der Waals surface area (Å²) in [6, 6.07) is 3.43. The molecule has 0 unspecified atom stereocenters. The van der Waals surface area contributed by atoms with Crippen LogP contribution in [0.15, 0.2) is 12.1 Å². The highest BCUT2D eigenvalue weighted by Crippen LogP contribution is 2.41. The maximum Gasteiger partial charge on any atom is 0.331 e. The fraction of sp³-hybridized carbons (Fsp3) is 0.600. The number of hydrogen-bond acceptors (Lipinski definition) is 4. The Kier molecular flexibility index (Phi) is 4.66. The Bertz CT molecular complexity index is 668. The highest BCUT2D eigenvalue weighted by atomic mass is 16.5. The van der Waals surface area contributed by atoms with Crippen molar-refractivity contribution in [3.63, 3.8) is 0 Å². The maximum absolute atomic E-state index is 12.8. The monoisotopic (exact) mass is 347 g/mol. The van der Waals surface area contributed by atoms with Crippen molar-refractivity contribution in [3.8, 4) is 5.75 Å². The van der Waals surface area contributed by atoms with E-state index in [9.17, 15) is 14.7 Å². The van der Waals surface area contributed by atoms with Crippen molar-refractivity contribution < 1.29 is 19.4 Å². The Labute approximate surface area is 149 Å². The number of hydrogen-bond donors (Lipinski definition) is 2. The second-order valence-electron chi connectivity index (χ2n) is 8.95. The second kappa shape index (κ2) is 6.04. The molecule has 0 aliphatic heterocycles. The topological polar surface area (TPSA) is 75.6 Å². The smallest absolute Gasteiger partial charge is 0.331 e. The van der Waals surface area contributed by atoms with Crippen molar-refractivity contribution in [3.05, 3.63) is 28.8 Å². The van der Waals surface area contributed by atoms with E-state index in [1.807, 2.05) is 41.5 Å². The summed E-state index contributed by atoms with van der Waals surface area (Å²) in [4.78, 5) is 24.7. The van der Waals surface area contributed by atoms with Crippen molar-refractivity contribution in [2.45, 2.75) is 70.8 Å². The van der Waals surface area contributed by atoms with Gasteiger partial charge in [-0.3, -0.25) is 4.79 Å². The third kappa shape index (κ3) is 3.80. The van der Waals surface area contributed by atoms with Crippen LogP contribution < -0.4 is 5.32 Å². The molecule has 0 atom stereocenters. The van der Waals surface area contributed by atoms with Crippen LogP contribution in [0, 0.1) is 0 Å². The molecule has 1 fully saturated rings. The van der Waals surface area contributed by atoms with Gasteiger partial charge >= 0.3 is 5.97 Å².